The number of halogens is 2. The zero-order valence-electron chi connectivity index (χ0n) is 11.6. The molecule has 1 rings (SSSR count). The lowest BCUT2D eigenvalue weighted by atomic mass is 10.3. The summed E-state index contributed by atoms with van der Waals surface area (Å²) in [6.07, 6.45) is 0.373. The van der Waals surface area contributed by atoms with E-state index < -0.39 is 21.9 Å². The second-order valence-electron chi connectivity index (χ2n) is 4.08. The van der Waals surface area contributed by atoms with E-state index in [0.717, 1.165) is 16.6 Å². The van der Waals surface area contributed by atoms with Crippen molar-refractivity contribution in [1.29, 1.82) is 0 Å². The van der Waals surface area contributed by atoms with Gasteiger partial charge in [-0.2, -0.15) is 0 Å². The van der Waals surface area contributed by atoms with Gasteiger partial charge in [-0.05, 0) is 25.1 Å². The van der Waals surface area contributed by atoms with Gasteiger partial charge in [0.15, 0.2) is 0 Å². The highest BCUT2D eigenvalue weighted by molar-refractivity contribution is 7.92. The van der Waals surface area contributed by atoms with Crippen molar-refractivity contribution in [3.8, 4) is 0 Å². The predicted molar refractivity (Wildman–Crippen MR) is 78.6 cm³/mol. The second kappa shape index (κ2) is 7.46. The van der Waals surface area contributed by atoms with Gasteiger partial charge < -0.3 is 10.1 Å². The Morgan fingerprint density at radius 1 is 1.48 bits per heavy atom. The lowest BCUT2D eigenvalue weighted by molar-refractivity contribution is 0.152. The Labute approximate surface area is 127 Å². The number of carbonyl (C=O) groups is 1. The van der Waals surface area contributed by atoms with Crippen molar-refractivity contribution < 1.29 is 22.3 Å². The minimum Gasteiger partial charge on any atom is -0.450 e. The number of carbonyl (C=O) groups excluding carboxylic acids is 1. The number of hydrogen-bond donors (Lipinski definition) is 1. The third kappa shape index (κ3) is 5.39. The SMILES string of the molecule is CCOC(=O)NCCN(c1ccc(F)c(Cl)c1)S(C)(=O)=O. The summed E-state index contributed by atoms with van der Waals surface area (Å²) in [5, 5.41) is 2.23. The molecule has 0 spiro atoms. The van der Waals surface area contributed by atoms with Gasteiger partial charge in [-0.15, -0.1) is 0 Å². The van der Waals surface area contributed by atoms with Crippen LogP contribution in [0.15, 0.2) is 18.2 Å². The van der Waals surface area contributed by atoms with Gasteiger partial charge in [-0.3, -0.25) is 4.31 Å². The van der Waals surface area contributed by atoms with Crippen LogP contribution in [0.3, 0.4) is 0 Å². The predicted octanol–water partition coefficient (Wildman–Crippen LogP) is 1.99. The molecule has 0 aromatic heterocycles. The first-order valence-corrected chi connectivity index (χ1v) is 8.31. The van der Waals surface area contributed by atoms with Gasteiger partial charge in [0.25, 0.3) is 0 Å². The van der Waals surface area contributed by atoms with Crippen LogP contribution in [0.5, 0.6) is 0 Å². The molecule has 0 fully saturated rings. The number of ether oxygens (including phenoxy) is 1. The molecule has 0 aliphatic carbocycles. The zero-order chi connectivity index (χ0) is 16.0. The molecule has 1 N–H and O–H groups in total. The van der Waals surface area contributed by atoms with Crippen molar-refractivity contribution in [2.45, 2.75) is 6.92 Å². The van der Waals surface area contributed by atoms with Crippen LogP contribution in [0, 0.1) is 5.82 Å². The summed E-state index contributed by atoms with van der Waals surface area (Å²) >= 11 is 5.65. The van der Waals surface area contributed by atoms with Gasteiger partial charge in [0.1, 0.15) is 5.82 Å². The second-order valence-corrected chi connectivity index (χ2v) is 6.39. The normalized spacial score (nSPS) is 11.0. The number of rotatable bonds is 6. The van der Waals surface area contributed by atoms with Crippen molar-refractivity contribution >= 4 is 33.4 Å². The monoisotopic (exact) mass is 338 g/mol. The molecule has 118 valence electrons. The van der Waals surface area contributed by atoms with Crippen LogP contribution in [0.25, 0.3) is 0 Å². The van der Waals surface area contributed by atoms with Crippen LogP contribution in [0.4, 0.5) is 14.9 Å². The van der Waals surface area contributed by atoms with Crippen molar-refractivity contribution in [3.05, 3.63) is 29.0 Å². The Balaban J connectivity index is 2.82. The summed E-state index contributed by atoms with van der Waals surface area (Å²) in [5.41, 5.74) is 0.217. The van der Waals surface area contributed by atoms with Gasteiger partial charge in [0.2, 0.25) is 10.0 Å². The summed E-state index contributed by atoms with van der Waals surface area (Å²) in [7, 11) is -3.60. The summed E-state index contributed by atoms with van der Waals surface area (Å²) in [4.78, 5) is 11.1. The molecule has 1 amide bonds. The number of sulfonamides is 1. The Morgan fingerprint density at radius 2 is 2.14 bits per heavy atom. The molecular formula is C12H16ClFN2O4S. The molecule has 0 aliphatic rings. The van der Waals surface area contributed by atoms with Crippen molar-refractivity contribution in [2.24, 2.45) is 0 Å². The molecule has 9 heteroatoms. The molecule has 1 aromatic rings. The first-order valence-electron chi connectivity index (χ1n) is 6.09. The maximum Gasteiger partial charge on any atom is 0.407 e. The van der Waals surface area contributed by atoms with Crippen LogP contribution in [-0.2, 0) is 14.8 Å². The largest absolute Gasteiger partial charge is 0.450 e. The fourth-order valence-corrected chi connectivity index (χ4v) is 2.66. The average Bonchev–Trinajstić information content (AvgIpc) is 2.37. The van der Waals surface area contributed by atoms with E-state index in [1.54, 1.807) is 6.92 Å². The fraction of sp³-hybridized carbons (Fsp3) is 0.417. The van der Waals surface area contributed by atoms with Crippen LogP contribution < -0.4 is 9.62 Å². The zero-order valence-corrected chi connectivity index (χ0v) is 13.2. The number of hydrogen-bond acceptors (Lipinski definition) is 4. The molecule has 0 heterocycles. The fourth-order valence-electron chi connectivity index (χ4n) is 1.57. The molecule has 0 radical (unpaired) electrons. The van der Waals surface area contributed by atoms with Crippen molar-refractivity contribution in [2.75, 3.05) is 30.3 Å². The van der Waals surface area contributed by atoms with Crippen LogP contribution in [0.2, 0.25) is 5.02 Å². The molecule has 6 nitrogen and oxygen atoms in total. The number of alkyl carbamates (subject to hydrolysis) is 1. The van der Waals surface area contributed by atoms with E-state index in [2.05, 4.69) is 10.1 Å². The smallest absolute Gasteiger partial charge is 0.407 e. The summed E-state index contributed by atoms with van der Waals surface area (Å²) in [6.45, 7) is 1.89. The highest BCUT2D eigenvalue weighted by Crippen LogP contribution is 2.24. The average molecular weight is 339 g/mol. The highest BCUT2D eigenvalue weighted by Gasteiger charge is 2.18. The first kappa shape index (κ1) is 17.5. The van der Waals surface area contributed by atoms with Gasteiger partial charge >= 0.3 is 6.09 Å². The van der Waals surface area contributed by atoms with E-state index in [1.807, 2.05) is 0 Å². The number of nitrogens with zero attached hydrogens (tertiary/aromatic N) is 1. The topological polar surface area (TPSA) is 75.7 Å². The lowest BCUT2D eigenvalue weighted by Crippen LogP contribution is -2.38. The Kier molecular flexibility index (Phi) is 6.22. The number of benzene rings is 1. The molecular weight excluding hydrogens is 323 g/mol. The van der Waals surface area contributed by atoms with Gasteiger partial charge in [0.05, 0.1) is 30.1 Å². The van der Waals surface area contributed by atoms with Crippen molar-refractivity contribution in [3.63, 3.8) is 0 Å². The van der Waals surface area contributed by atoms with Gasteiger partial charge in [0, 0.05) is 6.54 Å². The quantitative estimate of drug-likeness (QED) is 0.860. The molecule has 0 aliphatic heterocycles. The molecule has 0 unspecified atom stereocenters. The van der Waals surface area contributed by atoms with Crippen molar-refractivity contribution in [1.82, 2.24) is 5.32 Å². The van der Waals surface area contributed by atoms with E-state index >= 15 is 0 Å². The Bertz CT molecular complexity index is 609. The number of nitrogens with one attached hydrogen (secondary N) is 1. The molecule has 0 bridgehead atoms. The van der Waals surface area contributed by atoms with Gasteiger partial charge in [-0.25, -0.2) is 17.6 Å². The standard InChI is InChI=1S/C12H16ClFN2O4S/c1-3-20-12(17)15-6-7-16(21(2,18)19)9-4-5-11(14)10(13)8-9/h4-5,8H,3,6-7H2,1-2H3,(H,15,17). The summed E-state index contributed by atoms with van der Waals surface area (Å²) < 4.78 is 42.4. The molecule has 1 aromatic carbocycles. The minimum atomic E-state index is -3.60. The van der Waals surface area contributed by atoms with E-state index in [4.69, 9.17) is 11.6 Å². The number of anilines is 1. The maximum absolute atomic E-state index is 13.1. The van der Waals surface area contributed by atoms with E-state index in [1.165, 1.54) is 12.1 Å². The van der Waals surface area contributed by atoms with E-state index in [0.29, 0.717) is 0 Å². The molecule has 21 heavy (non-hydrogen) atoms. The van der Waals surface area contributed by atoms with Gasteiger partial charge in [-0.1, -0.05) is 11.6 Å². The summed E-state index contributed by atoms with van der Waals surface area (Å²) in [6, 6.07) is 3.59. The van der Waals surface area contributed by atoms with Crippen LogP contribution >= 0.6 is 11.6 Å². The minimum absolute atomic E-state index is 0.0282. The third-order valence-corrected chi connectivity index (χ3v) is 3.93. The Morgan fingerprint density at radius 3 is 2.67 bits per heavy atom. The first-order chi connectivity index (χ1) is 9.75. The van der Waals surface area contributed by atoms with Crippen LogP contribution in [-0.4, -0.2) is 40.5 Å². The third-order valence-electron chi connectivity index (χ3n) is 2.45. The van der Waals surface area contributed by atoms with E-state index in [-0.39, 0.29) is 30.4 Å². The maximum atomic E-state index is 13.1. The molecule has 0 saturated heterocycles. The summed E-state index contributed by atoms with van der Waals surface area (Å²) in [5.74, 6) is -0.640. The number of amides is 1. The molecule has 0 atom stereocenters. The lowest BCUT2D eigenvalue weighted by Gasteiger charge is -2.22. The molecule has 0 saturated carbocycles. The van der Waals surface area contributed by atoms with E-state index in [9.17, 15) is 17.6 Å². The van der Waals surface area contributed by atoms with Crippen LogP contribution in [0.1, 0.15) is 6.92 Å². The Hall–Kier alpha value is -1.54. The highest BCUT2D eigenvalue weighted by atomic mass is 35.5.